The lowest BCUT2D eigenvalue weighted by molar-refractivity contribution is 0.0955. The van der Waals surface area contributed by atoms with Crippen molar-refractivity contribution in [1.29, 1.82) is 5.26 Å². The average Bonchev–Trinajstić information content (AvgIpc) is 2.70. The zero-order valence-corrected chi connectivity index (χ0v) is 16.5. The number of rotatable bonds is 6. The van der Waals surface area contributed by atoms with Crippen LogP contribution in [0.15, 0.2) is 42.5 Å². The number of nitrogens with one attached hydrogen (secondary N) is 2. The fourth-order valence-corrected chi connectivity index (χ4v) is 3.20. The first-order valence-corrected chi connectivity index (χ1v) is 9.45. The first-order chi connectivity index (χ1) is 13.5. The molecule has 0 atom stereocenters. The molecule has 1 aromatic heterocycles. The van der Waals surface area contributed by atoms with E-state index in [1.54, 1.807) is 0 Å². The van der Waals surface area contributed by atoms with Gasteiger partial charge in [0.25, 0.3) is 5.91 Å². The van der Waals surface area contributed by atoms with Crippen molar-refractivity contribution in [3.8, 4) is 6.07 Å². The minimum absolute atomic E-state index is 0.109. The summed E-state index contributed by atoms with van der Waals surface area (Å²) in [5, 5.41) is 16.5. The quantitative estimate of drug-likeness (QED) is 0.638. The predicted octanol–water partition coefficient (Wildman–Crippen LogP) is 4.13. The third-order valence-corrected chi connectivity index (χ3v) is 4.73. The van der Waals surface area contributed by atoms with Gasteiger partial charge in [-0.2, -0.15) is 5.26 Å². The van der Waals surface area contributed by atoms with Gasteiger partial charge in [-0.25, -0.2) is 4.98 Å². The Balaban J connectivity index is 1.64. The molecule has 0 unspecified atom stereocenters. The summed E-state index contributed by atoms with van der Waals surface area (Å²) >= 11 is 0. The molecule has 0 aliphatic carbocycles. The topological polar surface area (TPSA) is 77.8 Å². The highest BCUT2D eigenvalue weighted by Crippen LogP contribution is 2.24. The number of carbonyl (C=O) groups is 1. The molecule has 1 amide bonds. The van der Waals surface area contributed by atoms with Gasteiger partial charge in [0.1, 0.15) is 11.9 Å². The normalized spacial score (nSPS) is 10.5. The molecule has 0 aliphatic rings. The maximum atomic E-state index is 12.2. The summed E-state index contributed by atoms with van der Waals surface area (Å²) in [7, 11) is 0. The van der Waals surface area contributed by atoms with Crippen LogP contribution in [-0.4, -0.2) is 24.0 Å². The number of anilines is 1. The summed E-state index contributed by atoms with van der Waals surface area (Å²) in [6.07, 6.45) is 0.949. The van der Waals surface area contributed by atoms with E-state index in [1.807, 2.05) is 50.2 Å². The number of amides is 1. The molecule has 0 radical (unpaired) electrons. The molecule has 0 saturated carbocycles. The van der Waals surface area contributed by atoms with Gasteiger partial charge in [0.2, 0.25) is 0 Å². The molecule has 0 bridgehead atoms. The van der Waals surface area contributed by atoms with Crippen LogP contribution in [0.2, 0.25) is 0 Å². The first-order valence-electron chi connectivity index (χ1n) is 9.45. The number of hydrogen-bond acceptors (Lipinski definition) is 4. The van der Waals surface area contributed by atoms with Crippen molar-refractivity contribution >= 4 is 22.6 Å². The molecule has 2 aromatic carbocycles. The van der Waals surface area contributed by atoms with Crippen LogP contribution in [0.5, 0.6) is 0 Å². The lowest BCUT2D eigenvalue weighted by atomic mass is 10.0. The second-order valence-electron chi connectivity index (χ2n) is 6.88. The number of hydrogen-bond donors (Lipinski definition) is 2. The number of pyridine rings is 1. The number of nitrogens with zero attached hydrogens (tertiary/aromatic N) is 2. The van der Waals surface area contributed by atoms with E-state index in [0.717, 1.165) is 28.5 Å². The molecule has 0 aliphatic heterocycles. The molecule has 3 rings (SSSR count). The van der Waals surface area contributed by atoms with E-state index in [9.17, 15) is 10.1 Å². The summed E-state index contributed by atoms with van der Waals surface area (Å²) in [5.74, 6) is 0.434. The second-order valence-corrected chi connectivity index (χ2v) is 6.88. The Labute approximate surface area is 165 Å². The highest BCUT2D eigenvalue weighted by molar-refractivity contribution is 5.94. The van der Waals surface area contributed by atoms with Crippen LogP contribution in [0.4, 0.5) is 5.82 Å². The zero-order chi connectivity index (χ0) is 20.1. The van der Waals surface area contributed by atoms with Crippen LogP contribution >= 0.6 is 0 Å². The van der Waals surface area contributed by atoms with E-state index in [4.69, 9.17) is 0 Å². The highest BCUT2D eigenvalue weighted by atomic mass is 16.1. The Kier molecular flexibility index (Phi) is 5.90. The van der Waals surface area contributed by atoms with Gasteiger partial charge in [0.05, 0.1) is 11.1 Å². The molecule has 5 nitrogen and oxygen atoms in total. The van der Waals surface area contributed by atoms with Gasteiger partial charge >= 0.3 is 0 Å². The van der Waals surface area contributed by atoms with Crippen LogP contribution in [-0.2, 0) is 6.42 Å². The van der Waals surface area contributed by atoms with Crippen LogP contribution < -0.4 is 10.6 Å². The first kappa shape index (κ1) is 19.4. The number of fused-ring (bicyclic) bond motifs is 1. The molecule has 0 saturated heterocycles. The molecule has 3 aromatic rings. The van der Waals surface area contributed by atoms with Gasteiger partial charge in [-0.1, -0.05) is 25.1 Å². The van der Waals surface area contributed by atoms with Gasteiger partial charge in [-0.05, 0) is 61.2 Å². The summed E-state index contributed by atoms with van der Waals surface area (Å²) in [6.45, 7) is 7.05. The lowest BCUT2D eigenvalue weighted by Crippen LogP contribution is -2.29. The monoisotopic (exact) mass is 372 g/mol. The lowest BCUT2D eigenvalue weighted by Gasteiger charge is -2.11. The largest absolute Gasteiger partial charge is 0.367 e. The average molecular weight is 372 g/mol. The maximum Gasteiger partial charge on any atom is 0.251 e. The standard InChI is InChI=1S/C23H24N4O/c1-4-17-5-7-18(8-6-17)23(28)26-10-9-25-22-19(14-24)13-20-16(3)11-15(2)12-21(20)27-22/h5-8,11-13H,4,9-10H2,1-3H3,(H,25,27)(H,26,28). The molecule has 5 heteroatoms. The molecule has 2 N–H and O–H groups in total. The summed E-state index contributed by atoms with van der Waals surface area (Å²) < 4.78 is 0. The third kappa shape index (κ3) is 4.29. The fourth-order valence-electron chi connectivity index (χ4n) is 3.20. The molecular formula is C23H24N4O. The number of benzene rings is 2. The van der Waals surface area contributed by atoms with E-state index < -0.39 is 0 Å². The maximum absolute atomic E-state index is 12.2. The molecule has 28 heavy (non-hydrogen) atoms. The summed E-state index contributed by atoms with van der Waals surface area (Å²) in [5.41, 5.74) is 5.45. The van der Waals surface area contributed by atoms with Crippen LogP contribution in [0.1, 0.15) is 39.5 Å². The van der Waals surface area contributed by atoms with Crippen molar-refractivity contribution in [2.75, 3.05) is 18.4 Å². The SMILES string of the molecule is CCc1ccc(C(=O)NCCNc2nc3cc(C)cc(C)c3cc2C#N)cc1. The van der Waals surface area contributed by atoms with E-state index >= 15 is 0 Å². The number of aromatic nitrogens is 1. The summed E-state index contributed by atoms with van der Waals surface area (Å²) in [6, 6.07) is 15.8. The Bertz CT molecular complexity index is 1050. The highest BCUT2D eigenvalue weighted by Gasteiger charge is 2.09. The fraction of sp³-hybridized carbons (Fsp3) is 0.261. The van der Waals surface area contributed by atoms with Crippen LogP contribution in [0.25, 0.3) is 10.9 Å². The van der Waals surface area contributed by atoms with Crippen LogP contribution in [0, 0.1) is 25.2 Å². The Morgan fingerprint density at radius 2 is 1.86 bits per heavy atom. The van der Waals surface area contributed by atoms with E-state index in [0.29, 0.717) is 30.0 Å². The van der Waals surface area contributed by atoms with Crippen LogP contribution in [0.3, 0.4) is 0 Å². The third-order valence-electron chi connectivity index (χ3n) is 4.73. The van der Waals surface area contributed by atoms with Gasteiger partial charge in [0.15, 0.2) is 0 Å². The van der Waals surface area contributed by atoms with Crippen molar-refractivity contribution < 1.29 is 4.79 Å². The van der Waals surface area contributed by atoms with Crippen molar-refractivity contribution in [2.24, 2.45) is 0 Å². The van der Waals surface area contributed by atoms with Gasteiger partial charge in [-0.15, -0.1) is 0 Å². The zero-order valence-electron chi connectivity index (χ0n) is 16.5. The summed E-state index contributed by atoms with van der Waals surface area (Å²) in [4.78, 5) is 16.8. The van der Waals surface area contributed by atoms with Crippen molar-refractivity contribution in [1.82, 2.24) is 10.3 Å². The number of aryl methyl sites for hydroxylation is 3. The predicted molar refractivity (Wildman–Crippen MR) is 113 cm³/mol. The Morgan fingerprint density at radius 1 is 1.11 bits per heavy atom. The van der Waals surface area contributed by atoms with Crippen molar-refractivity contribution in [3.63, 3.8) is 0 Å². The van der Waals surface area contributed by atoms with E-state index in [2.05, 4.69) is 34.7 Å². The number of nitriles is 1. The molecule has 0 spiro atoms. The van der Waals surface area contributed by atoms with E-state index in [-0.39, 0.29) is 5.91 Å². The molecule has 0 fully saturated rings. The molecule has 142 valence electrons. The minimum atomic E-state index is -0.109. The molecule has 1 heterocycles. The number of carbonyl (C=O) groups excluding carboxylic acids is 1. The second kappa shape index (κ2) is 8.53. The van der Waals surface area contributed by atoms with Crippen molar-refractivity contribution in [3.05, 3.63) is 70.3 Å². The minimum Gasteiger partial charge on any atom is -0.367 e. The smallest absolute Gasteiger partial charge is 0.251 e. The van der Waals surface area contributed by atoms with Gasteiger partial charge < -0.3 is 10.6 Å². The molecular weight excluding hydrogens is 348 g/mol. The van der Waals surface area contributed by atoms with Gasteiger partial charge in [-0.3, -0.25) is 4.79 Å². The van der Waals surface area contributed by atoms with Crippen molar-refractivity contribution in [2.45, 2.75) is 27.2 Å². The Morgan fingerprint density at radius 3 is 2.54 bits per heavy atom. The Hall–Kier alpha value is -3.39. The van der Waals surface area contributed by atoms with E-state index in [1.165, 1.54) is 5.56 Å². The van der Waals surface area contributed by atoms with Gasteiger partial charge in [0, 0.05) is 24.0 Å².